The van der Waals surface area contributed by atoms with Gasteiger partial charge in [0.05, 0.1) is 0 Å². The molecular weight excluding hydrogens is 357 g/mol. The minimum atomic E-state index is -0.434. The molecule has 0 aliphatic heterocycles. The smallest absolute Gasteiger partial charge is 0.251 e. The number of carbonyl (C=O) groups is 2. The Morgan fingerprint density at radius 3 is 2.46 bits per heavy atom. The van der Waals surface area contributed by atoms with Gasteiger partial charge in [0.2, 0.25) is 5.91 Å². The Balaban J connectivity index is 0.00000338. The molecule has 1 saturated carbocycles. The fourth-order valence-corrected chi connectivity index (χ4v) is 3.41. The number of halogens is 2. The molecule has 0 bridgehead atoms. The minimum Gasteiger partial charge on any atom is -0.356 e. The van der Waals surface area contributed by atoms with E-state index in [0.29, 0.717) is 38.0 Å². The summed E-state index contributed by atoms with van der Waals surface area (Å²) in [5, 5.41) is 5.63. The lowest BCUT2D eigenvalue weighted by Crippen LogP contribution is -2.39. The third kappa shape index (κ3) is 6.92. The van der Waals surface area contributed by atoms with Gasteiger partial charge in [0.1, 0.15) is 5.82 Å². The Hall–Kier alpha value is -1.66. The molecule has 4 N–H and O–H groups in total. The zero-order valence-corrected chi connectivity index (χ0v) is 15.9. The van der Waals surface area contributed by atoms with Gasteiger partial charge in [-0.25, -0.2) is 4.39 Å². The van der Waals surface area contributed by atoms with Gasteiger partial charge in [-0.15, -0.1) is 12.4 Å². The van der Waals surface area contributed by atoms with E-state index >= 15 is 0 Å². The number of benzene rings is 1. The van der Waals surface area contributed by atoms with Crippen molar-refractivity contribution >= 4 is 24.2 Å². The van der Waals surface area contributed by atoms with E-state index in [1.54, 1.807) is 6.07 Å². The highest BCUT2D eigenvalue weighted by Gasteiger charge is 2.32. The van der Waals surface area contributed by atoms with Gasteiger partial charge >= 0.3 is 0 Å². The molecule has 0 atom stereocenters. The molecule has 0 spiro atoms. The number of hydrogen-bond donors (Lipinski definition) is 3. The summed E-state index contributed by atoms with van der Waals surface area (Å²) in [6.45, 7) is 1.49. The molecule has 0 aromatic heterocycles. The van der Waals surface area contributed by atoms with Crippen molar-refractivity contribution in [3.63, 3.8) is 0 Å². The molecule has 1 aromatic carbocycles. The predicted octanol–water partition coefficient (Wildman–Crippen LogP) is 2.78. The van der Waals surface area contributed by atoms with Crippen LogP contribution in [0.15, 0.2) is 24.3 Å². The van der Waals surface area contributed by atoms with E-state index in [1.165, 1.54) is 24.6 Å². The van der Waals surface area contributed by atoms with Crippen LogP contribution in [0.1, 0.15) is 55.3 Å². The lowest BCUT2D eigenvalue weighted by atomic mass is 9.71. The second kappa shape index (κ2) is 11.1. The first-order valence-electron chi connectivity index (χ1n) is 9.05. The maximum Gasteiger partial charge on any atom is 0.251 e. The molecule has 1 aliphatic carbocycles. The van der Waals surface area contributed by atoms with Crippen LogP contribution in [0.5, 0.6) is 0 Å². The molecule has 0 heterocycles. The number of amides is 2. The van der Waals surface area contributed by atoms with Crippen LogP contribution in [0.4, 0.5) is 4.39 Å². The SMILES string of the molecule is Cl.NCC1(CC(=O)NCCCNC(=O)c2cccc(F)c2)CCCCC1. The Labute approximate surface area is 160 Å². The summed E-state index contributed by atoms with van der Waals surface area (Å²) in [4.78, 5) is 24.0. The van der Waals surface area contributed by atoms with E-state index in [-0.39, 0.29) is 29.6 Å². The van der Waals surface area contributed by atoms with Gasteiger partial charge in [0.25, 0.3) is 5.91 Å². The van der Waals surface area contributed by atoms with E-state index in [1.807, 2.05) is 0 Å². The first-order valence-corrected chi connectivity index (χ1v) is 9.05. The highest BCUT2D eigenvalue weighted by molar-refractivity contribution is 5.94. The second-order valence-corrected chi connectivity index (χ2v) is 6.91. The average Bonchev–Trinajstić information content (AvgIpc) is 2.62. The maximum atomic E-state index is 13.1. The molecule has 1 aromatic rings. The first-order chi connectivity index (χ1) is 12.0. The van der Waals surface area contributed by atoms with Crippen LogP contribution in [0.3, 0.4) is 0 Å². The van der Waals surface area contributed by atoms with Crippen molar-refractivity contribution in [2.75, 3.05) is 19.6 Å². The van der Waals surface area contributed by atoms with Crippen LogP contribution in [0.25, 0.3) is 0 Å². The van der Waals surface area contributed by atoms with Crippen LogP contribution in [0.2, 0.25) is 0 Å². The van der Waals surface area contributed by atoms with Crippen molar-refractivity contribution in [1.82, 2.24) is 10.6 Å². The molecule has 7 heteroatoms. The van der Waals surface area contributed by atoms with Crippen LogP contribution >= 0.6 is 12.4 Å². The van der Waals surface area contributed by atoms with Gasteiger partial charge in [-0.1, -0.05) is 25.3 Å². The van der Waals surface area contributed by atoms with E-state index < -0.39 is 5.82 Å². The van der Waals surface area contributed by atoms with Gasteiger partial charge in [-0.2, -0.15) is 0 Å². The molecular formula is C19H29ClFN3O2. The van der Waals surface area contributed by atoms with Gasteiger partial charge in [0, 0.05) is 25.1 Å². The summed E-state index contributed by atoms with van der Waals surface area (Å²) in [6.07, 6.45) is 6.70. The molecule has 146 valence electrons. The van der Waals surface area contributed by atoms with Crippen molar-refractivity contribution < 1.29 is 14.0 Å². The summed E-state index contributed by atoms with van der Waals surface area (Å²) in [5.41, 5.74) is 6.17. The molecule has 0 saturated heterocycles. The monoisotopic (exact) mass is 385 g/mol. The summed E-state index contributed by atoms with van der Waals surface area (Å²) in [7, 11) is 0. The van der Waals surface area contributed by atoms with Gasteiger partial charge in [0.15, 0.2) is 0 Å². The van der Waals surface area contributed by atoms with Crippen molar-refractivity contribution in [3.8, 4) is 0 Å². The van der Waals surface area contributed by atoms with Crippen molar-refractivity contribution in [2.45, 2.75) is 44.9 Å². The van der Waals surface area contributed by atoms with E-state index in [2.05, 4.69) is 10.6 Å². The van der Waals surface area contributed by atoms with Crippen LogP contribution in [0, 0.1) is 11.2 Å². The number of carbonyl (C=O) groups excluding carboxylic acids is 2. The van der Waals surface area contributed by atoms with E-state index in [9.17, 15) is 14.0 Å². The topological polar surface area (TPSA) is 84.2 Å². The fourth-order valence-electron chi connectivity index (χ4n) is 3.41. The lowest BCUT2D eigenvalue weighted by Gasteiger charge is -2.35. The standard InChI is InChI=1S/C19H28FN3O2.ClH/c20-16-7-4-6-15(12-16)18(25)23-11-5-10-22-17(24)13-19(14-21)8-2-1-3-9-19;/h4,6-7,12H,1-3,5,8-11,13-14,21H2,(H,22,24)(H,23,25);1H. The van der Waals surface area contributed by atoms with Gasteiger partial charge < -0.3 is 16.4 Å². The Bertz CT molecular complexity index is 592. The number of rotatable bonds is 8. The predicted molar refractivity (Wildman–Crippen MR) is 103 cm³/mol. The Kier molecular flexibility index (Phi) is 9.59. The van der Waals surface area contributed by atoms with Crippen molar-refractivity contribution in [1.29, 1.82) is 0 Å². The average molecular weight is 386 g/mol. The summed E-state index contributed by atoms with van der Waals surface area (Å²) in [6, 6.07) is 5.57. The molecule has 0 radical (unpaired) electrons. The zero-order chi connectivity index (χ0) is 18.1. The van der Waals surface area contributed by atoms with E-state index in [0.717, 1.165) is 25.7 Å². The lowest BCUT2D eigenvalue weighted by molar-refractivity contribution is -0.123. The zero-order valence-electron chi connectivity index (χ0n) is 15.1. The Morgan fingerprint density at radius 2 is 1.81 bits per heavy atom. The van der Waals surface area contributed by atoms with Crippen LogP contribution < -0.4 is 16.4 Å². The van der Waals surface area contributed by atoms with E-state index in [4.69, 9.17) is 5.73 Å². The van der Waals surface area contributed by atoms with Crippen molar-refractivity contribution in [3.05, 3.63) is 35.6 Å². The normalized spacial score (nSPS) is 15.6. The van der Waals surface area contributed by atoms with Crippen LogP contribution in [-0.4, -0.2) is 31.4 Å². The van der Waals surface area contributed by atoms with Gasteiger partial charge in [-0.3, -0.25) is 9.59 Å². The second-order valence-electron chi connectivity index (χ2n) is 6.91. The molecule has 1 fully saturated rings. The molecule has 26 heavy (non-hydrogen) atoms. The summed E-state index contributed by atoms with van der Waals surface area (Å²) < 4.78 is 13.1. The highest BCUT2D eigenvalue weighted by Crippen LogP contribution is 2.38. The third-order valence-electron chi connectivity index (χ3n) is 4.93. The summed E-state index contributed by atoms with van der Waals surface area (Å²) >= 11 is 0. The van der Waals surface area contributed by atoms with Crippen molar-refractivity contribution in [2.24, 2.45) is 11.1 Å². The largest absolute Gasteiger partial charge is 0.356 e. The summed E-state index contributed by atoms with van der Waals surface area (Å²) in [5.74, 6) is -0.713. The fraction of sp³-hybridized carbons (Fsp3) is 0.579. The molecule has 2 rings (SSSR count). The maximum absolute atomic E-state index is 13.1. The molecule has 1 aliphatic rings. The number of nitrogens with two attached hydrogens (primary N) is 1. The number of nitrogens with one attached hydrogen (secondary N) is 2. The quantitative estimate of drug-likeness (QED) is 0.601. The minimum absolute atomic E-state index is 0. The highest BCUT2D eigenvalue weighted by atomic mass is 35.5. The van der Waals surface area contributed by atoms with Crippen LogP contribution in [-0.2, 0) is 4.79 Å². The first kappa shape index (κ1) is 22.4. The molecule has 5 nitrogen and oxygen atoms in total. The Morgan fingerprint density at radius 1 is 1.12 bits per heavy atom. The molecule has 0 unspecified atom stereocenters. The third-order valence-corrected chi connectivity index (χ3v) is 4.93. The number of hydrogen-bond acceptors (Lipinski definition) is 3. The molecule has 2 amide bonds. The van der Waals surface area contributed by atoms with Gasteiger partial charge in [-0.05, 0) is 49.4 Å².